The summed E-state index contributed by atoms with van der Waals surface area (Å²) in [6.07, 6.45) is 7.51. The number of ether oxygens (including phenoxy) is 2. The molecule has 1 aromatic carbocycles. The number of sulfone groups is 1. The first-order valence-electron chi connectivity index (χ1n) is 14.1. The van der Waals surface area contributed by atoms with Gasteiger partial charge in [-0.05, 0) is 49.8 Å². The smallest absolute Gasteiger partial charge is 0.295 e. The van der Waals surface area contributed by atoms with Gasteiger partial charge in [0.15, 0.2) is 27.1 Å². The number of benzene rings is 1. The van der Waals surface area contributed by atoms with Gasteiger partial charge in [0, 0.05) is 19.6 Å². The summed E-state index contributed by atoms with van der Waals surface area (Å²) in [6.45, 7) is 1.89. The molecule has 220 valence electrons. The average molecular weight is 592 g/mol. The van der Waals surface area contributed by atoms with E-state index in [9.17, 15) is 13.2 Å². The molecule has 42 heavy (non-hydrogen) atoms. The van der Waals surface area contributed by atoms with Crippen LogP contribution in [0.2, 0.25) is 0 Å². The number of hydrogen-bond acceptors (Lipinski definition) is 11. The third-order valence-electron chi connectivity index (χ3n) is 8.03. The molecule has 13 heteroatoms. The summed E-state index contributed by atoms with van der Waals surface area (Å²) in [5.74, 6) is 1.26. The van der Waals surface area contributed by atoms with Gasteiger partial charge in [0.05, 0.1) is 41.8 Å². The van der Waals surface area contributed by atoms with E-state index >= 15 is 0 Å². The Morgan fingerprint density at radius 1 is 1.02 bits per heavy atom. The van der Waals surface area contributed by atoms with Crippen LogP contribution < -0.4 is 15.6 Å². The number of anilines is 1. The largest absolute Gasteiger partial charge is 0.480 e. The molecular weight excluding hydrogens is 558 g/mol. The quantitative estimate of drug-likeness (QED) is 0.288. The molecule has 3 heterocycles. The predicted molar refractivity (Wildman–Crippen MR) is 156 cm³/mol. The predicted octanol–water partition coefficient (Wildman–Crippen LogP) is 3.68. The van der Waals surface area contributed by atoms with E-state index in [-0.39, 0.29) is 40.7 Å². The van der Waals surface area contributed by atoms with Gasteiger partial charge in [-0.2, -0.15) is 0 Å². The summed E-state index contributed by atoms with van der Waals surface area (Å²) >= 11 is 0. The van der Waals surface area contributed by atoms with Crippen molar-refractivity contribution in [2.45, 2.75) is 68.5 Å². The molecule has 2 aliphatic rings. The lowest BCUT2D eigenvalue weighted by atomic mass is 10.1. The van der Waals surface area contributed by atoms with Crippen LogP contribution >= 0.6 is 0 Å². The van der Waals surface area contributed by atoms with Gasteiger partial charge >= 0.3 is 0 Å². The fraction of sp³-hybridized carbons (Fsp3) is 0.448. The average Bonchev–Trinajstić information content (AvgIpc) is 3.76. The Labute approximate surface area is 243 Å². The standard InChI is InChI=1S/C29H33N7O5S/c1-4-42(38,39)19-12-8-17(9-13-19)14-30-26-29(37)36(21-6-5-7-22(21)40-2)27-20(34-26)15-31-25(35-27)23-24(18-10-11-18)32-16-33-28(23)41-3/h8-9,12-13,15-16,18,21-22H,4-7,10-11,14H2,1-3H3,(H,30,34)/t21-,22-/m0/s1. The molecule has 3 aromatic heterocycles. The monoisotopic (exact) mass is 591 g/mol. The zero-order valence-corrected chi connectivity index (χ0v) is 24.6. The number of aromatic nitrogens is 6. The maximum atomic E-state index is 14.0. The lowest BCUT2D eigenvalue weighted by Crippen LogP contribution is -2.33. The highest BCUT2D eigenvalue weighted by Gasteiger charge is 2.34. The van der Waals surface area contributed by atoms with Crippen molar-refractivity contribution in [3.63, 3.8) is 0 Å². The van der Waals surface area contributed by atoms with Crippen LogP contribution in [0.4, 0.5) is 5.82 Å². The minimum absolute atomic E-state index is 0.0323. The SMILES string of the molecule is CCS(=O)(=O)c1ccc(CNc2nc3cnc(-c4c(OC)ncnc4C4CC4)nc3n([C@H]3CCC[C@@H]3OC)c2=O)cc1. The van der Waals surface area contributed by atoms with Crippen molar-refractivity contribution < 1.29 is 17.9 Å². The molecule has 2 atom stereocenters. The molecule has 4 aromatic rings. The van der Waals surface area contributed by atoms with Crippen LogP contribution in [0.15, 0.2) is 46.5 Å². The van der Waals surface area contributed by atoms with Crippen molar-refractivity contribution in [3.8, 4) is 17.3 Å². The fourth-order valence-electron chi connectivity index (χ4n) is 5.60. The molecule has 0 radical (unpaired) electrons. The zero-order chi connectivity index (χ0) is 29.4. The van der Waals surface area contributed by atoms with E-state index in [4.69, 9.17) is 14.5 Å². The molecule has 0 spiro atoms. The molecule has 0 saturated heterocycles. The maximum absolute atomic E-state index is 14.0. The van der Waals surface area contributed by atoms with E-state index < -0.39 is 9.84 Å². The topological polar surface area (TPSA) is 151 Å². The van der Waals surface area contributed by atoms with E-state index in [1.807, 2.05) is 0 Å². The molecule has 6 rings (SSSR count). The Kier molecular flexibility index (Phi) is 7.62. The molecule has 1 N–H and O–H groups in total. The second-order valence-corrected chi connectivity index (χ2v) is 12.9. The summed E-state index contributed by atoms with van der Waals surface area (Å²) in [7, 11) is -0.0832. The molecule has 2 fully saturated rings. The summed E-state index contributed by atoms with van der Waals surface area (Å²) < 4.78 is 37.4. The minimum Gasteiger partial charge on any atom is -0.480 e. The van der Waals surface area contributed by atoms with Gasteiger partial charge in [0.1, 0.15) is 17.4 Å². The van der Waals surface area contributed by atoms with Crippen molar-refractivity contribution in [2.24, 2.45) is 0 Å². The van der Waals surface area contributed by atoms with Crippen molar-refractivity contribution in [2.75, 3.05) is 25.3 Å². The lowest BCUT2D eigenvalue weighted by Gasteiger charge is -2.23. The second-order valence-electron chi connectivity index (χ2n) is 10.6. The number of nitrogens with one attached hydrogen (secondary N) is 1. The maximum Gasteiger partial charge on any atom is 0.295 e. The Balaban J connectivity index is 1.42. The highest BCUT2D eigenvalue weighted by molar-refractivity contribution is 7.91. The first kappa shape index (κ1) is 28.2. The lowest BCUT2D eigenvalue weighted by molar-refractivity contribution is 0.0751. The van der Waals surface area contributed by atoms with Gasteiger partial charge in [-0.25, -0.2) is 33.3 Å². The van der Waals surface area contributed by atoms with Gasteiger partial charge in [-0.15, -0.1) is 0 Å². The van der Waals surface area contributed by atoms with Crippen LogP contribution in [-0.4, -0.2) is 64.0 Å². The Morgan fingerprint density at radius 2 is 1.81 bits per heavy atom. The van der Waals surface area contributed by atoms with Crippen molar-refractivity contribution in [1.82, 2.24) is 29.5 Å². The van der Waals surface area contributed by atoms with E-state index in [1.165, 1.54) is 6.33 Å². The van der Waals surface area contributed by atoms with Gasteiger partial charge in [-0.1, -0.05) is 19.1 Å². The minimum atomic E-state index is -3.30. The summed E-state index contributed by atoms with van der Waals surface area (Å²) in [4.78, 5) is 37.3. The van der Waals surface area contributed by atoms with E-state index in [0.717, 1.165) is 43.4 Å². The van der Waals surface area contributed by atoms with Crippen LogP contribution in [0.25, 0.3) is 22.6 Å². The summed E-state index contributed by atoms with van der Waals surface area (Å²) in [6, 6.07) is 6.39. The van der Waals surface area contributed by atoms with Crippen LogP contribution in [0, 0.1) is 0 Å². The third-order valence-corrected chi connectivity index (χ3v) is 9.78. The van der Waals surface area contributed by atoms with Crippen LogP contribution in [-0.2, 0) is 21.1 Å². The van der Waals surface area contributed by atoms with Gasteiger partial charge in [0.2, 0.25) is 5.88 Å². The first-order valence-corrected chi connectivity index (χ1v) is 15.8. The fourth-order valence-corrected chi connectivity index (χ4v) is 6.49. The van der Waals surface area contributed by atoms with Crippen LogP contribution in [0.3, 0.4) is 0 Å². The number of hydrogen-bond donors (Lipinski definition) is 1. The zero-order valence-electron chi connectivity index (χ0n) is 23.8. The van der Waals surface area contributed by atoms with E-state index in [0.29, 0.717) is 34.3 Å². The van der Waals surface area contributed by atoms with Crippen LogP contribution in [0.5, 0.6) is 5.88 Å². The number of nitrogens with zero attached hydrogens (tertiary/aromatic N) is 6. The van der Waals surface area contributed by atoms with Crippen LogP contribution in [0.1, 0.15) is 62.2 Å². The molecule has 0 bridgehead atoms. The second kappa shape index (κ2) is 11.4. The molecule has 0 amide bonds. The van der Waals surface area contributed by atoms with E-state index in [1.54, 1.807) is 56.2 Å². The Morgan fingerprint density at radius 3 is 2.50 bits per heavy atom. The molecule has 2 aliphatic carbocycles. The number of methoxy groups -OCH3 is 2. The molecule has 0 aliphatic heterocycles. The molecule has 2 saturated carbocycles. The number of fused-ring (bicyclic) bond motifs is 1. The van der Waals surface area contributed by atoms with Crippen molar-refractivity contribution in [3.05, 3.63) is 58.4 Å². The first-order chi connectivity index (χ1) is 20.3. The van der Waals surface area contributed by atoms with Crippen molar-refractivity contribution in [1.29, 1.82) is 0 Å². The van der Waals surface area contributed by atoms with Gasteiger partial charge < -0.3 is 14.8 Å². The normalized spacial score (nSPS) is 18.8. The van der Waals surface area contributed by atoms with Gasteiger partial charge in [-0.3, -0.25) is 9.36 Å². The Hall–Kier alpha value is -3.97. The Bertz CT molecular complexity index is 1790. The summed E-state index contributed by atoms with van der Waals surface area (Å²) in [5.41, 5.74) is 2.83. The summed E-state index contributed by atoms with van der Waals surface area (Å²) in [5, 5.41) is 3.16. The number of rotatable bonds is 10. The highest BCUT2D eigenvalue weighted by Crippen LogP contribution is 2.45. The third kappa shape index (κ3) is 5.22. The molecular formula is C29H33N7O5S. The van der Waals surface area contributed by atoms with Gasteiger partial charge in [0.25, 0.3) is 5.56 Å². The molecule has 0 unspecified atom stereocenters. The highest BCUT2D eigenvalue weighted by atomic mass is 32.2. The van der Waals surface area contributed by atoms with E-state index in [2.05, 4.69) is 25.3 Å². The molecule has 12 nitrogen and oxygen atoms in total. The van der Waals surface area contributed by atoms with Crippen molar-refractivity contribution >= 4 is 26.8 Å².